The lowest BCUT2D eigenvalue weighted by molar-refractivity contribution is -0.138. The average molecular weight is 263 g/mol. The van der Waals surface area contributed by atoms with E-state index >= 15 is 0 Å². The zero-order valence-electron chi connectivity index (χ0n) is 11.0. The van der Waals surface area contributed by atoms with Gasteiger partial charge in [-0.1, -0.05) is 0 Å². The highest BCUT2D eigenvalue weighted by molar-refractivity contribution is 5.90. The van der Waals surface area contributed by atoms with E-state index in [9.17, 15) is 9.18 Å². The number of hydrogen-bond donors (Lipinski definition) is 1. The molecule has 1 N–H and O–H groups in total. The van der Waals surface area contributed by atoms with Crippen LogP contribution in [0.15, 0.2) is 35.5 Å². The zero-order valence-corrected chi connectivity index (χ0v) is 11.0. The molecule has 102 valence electrons. The van der Waals surface area contributed by atoms with Gasteiger partial charge in [0.05, 0.1) is 12.2 Å². The number of carbonyl (C=O) groups excluding carboxylic acids is 1. The van der Waals surface area contributed by atoms with Crippen LogP contribution in [0.25, 0.3) is 0 Å². The summed E-state index contributed by atoms with van der Waals surface area (Å²) in [4.78, 5) is 11.9. The first-order chi connectivity index (χ1) is 9.20. The van der Waals surface area contributed by atoms with E-state index in [0.29, 0.717) is 6.61 Å². The summed E-state index contributed by atoms with van der Waals surface area (Å²) >= 11 is 0. The maximum atomic E-state index is 12.9. The highest BCUT2D eigenvalue weighted by Gasteiger charge is 2.20. The molecule has 0 bridgehead atoms. The Balaban J connectivity index is 2.18. The Morgan fingerprint density at radius 3 is 2.63 bits per heavy atom. The highest BCUT2D eigenvalue weighted by atomic mass is 19.1. The Bertz CT molecular complexity index is 479. The van der Waals surface area contributed by atoms with Gasteiger partial charge < -0.3 is 10.1 Å². The molecule has 1 aromatic carbocycles. The maximum Gasteiger partial charge on any atom is 0.335 e. The Morgan fingerprint density at radius 2 is 1.95 bits per heavy atom. The van der Waals surface area contributed by atoms with Crippen LogP contribution in [0.3, 0.4) is 0 Å². The Morgan fingerprint density at radius 1 is 1.26 bits per heavy atom. The van der Waals surface area contributed by atoms with Crippen LogP contribution in [-0.2, 0) is 9.53 Å². The molecule has 0 saturated heterocycles. The van der Waals surface area contributed by atoms with Crippen molar-refractivity contribution in [1.29, 1.82) is 0 Å². The summed E-state index contributed by atoms with van der Waals surface area (Å²) in [6.07, 6.45) is 3.61. The summed E-state index contributed by atoms with van der Waals surface area (Å²) in [5.41, 5.74) is 2.41. The van der Waals surface area contributed by atoms with Crippen molar-refractivity contribution in [3.05, 3.63) is 41.4 Å². The third kappa shape index (κ3) is 3.56. The van der Waals surface area contributed by atoms with Gasteiger partial charge in [-0.2, -0.15) is 0 Å². The number of rotatable bonds is 4. The molecule has 1 aliphatic carbocycles. The van der Waals surface area contributed by atoms with Crippen LogP contribution in [0.4, 0.5) is 10.1 Å². The lowest BCUT2D eigenvalue weighted by Gasteiger charge is -2.20. The molecule has 2 rings (SSSR count). The van der Waals surface area contributed by atoms with E-state index in [0.717, 1.165) is 42.6 Å². The number of ether oxygens (including phenoxy) is 1. The molecule has 0 fully saturated rings. The second-order valence-corrected chi connectivity index (χ2v) is 4.52. The second kappa shape index (κ2) is 6.36. The molecule has 1 aliphatic rings. The van der Waals surface area contributed by atoms with Gasteiger partial charge in [0.1, 0.15) is 5.82 Å². The lowest BCUT2D eigenvalue weighted by atomic mass is 9.96. The Hall–Kier alpha value is -1.84. The van der Waals surface area contributed by atoms with Crippen molar-refractivity contribution >= 4 is 11.7 Å². The minimum absolute atomic E-state index is 0.244. The summed E-state index contributed by atoms with van der Waals surface area (Å²) in [5, 5.41) is 3.21. The number of anilines is 1. The van der Waals surface area contributed by atoms with Gasteiger partial charge in [0, 0.05) is 11.4 Å². The molecule has 0 aliphatic heterocycles. The minimum Gasteiger partial charge on any atom is -0.463 e. The van der Waals surface area contributed by atoms with E-state index < -0.39 is 0 Å². The van der Waals surface area contributed by atoms with Crippen molar-refractivity contribution in [2.24, 2.45) is 0 Å². The van der Waals surface area contributed by atoms with Gasteiger partial charge in [-0.3, -0.25) is 0 Å². The maximum absolute atomic E-state index is 12.9. The van der Waals surface area contributed by atoms with Crippen molar-refractivity contribution in [2.45, 2.75) is 32.6 Å². The second-order valence-electron chi connectivity index (χ2n) is 4.52. The lowest BCUT2D eigenvalue weighted by Crippen LogP contribution is -2.17. The molecule has 0 amide bonds. The number of hydrogen-bond acceptors (Lipinski definition) is 3. The zero-order chi connectivity index (χ0) is 13.7. The first-order valence-electron chi connectivity index (χ1n) is 6.62. The normalized spacial score (nSPS) is 15.3. The number of halogens is 1. The van der Waals surface area contributed by atoms with Gasteiger partial charge >= 0.3 is 5.97 Å². The molecule has 0 unspecified atom stereocenters. The first-order valence-corrected chi connectivity index (χ1v) is 6.62. The summed E-state index contributed by atoms with van der Waals surface area (Å²) in [6.45, 7) is 2.18. The predicted molar refractivity (Wildman–Crippen MR) is 72.1 cm³/mol. The van der Waals surface area contributed by atoms with Gasteiger partial charge in [-0.05, 0) is 56.9 Å². The van der Waals surface area contributed by atoms with Crippen LogP contribution < -0.4 is 5.32 Å². The molecule has 0 saturated carbocycles. The van der Waals surface area contributed by atoms with Gasteiger partial charge in [0.15, 0.2) is 0 Å². The average Bonchev–Trinajstić information content (AvgIpc) is 2.42. The van der Waals surface area contributed by atoms with Gasteiger partial charge in [0.25, 0.3) is 0 Å². The van der Waals surface area contributed by atoms with Crippen LogP contribution in [0.5, 0.6) is 0 Å². The van der Waals surface area contributed by atoms with Crippen molar-refractivity contribution in [1.82, 2.24) is 0 Å². The van der Waals surface area contributed by atoms with Crippen molar-refractivity contribution in [3.63, 3.8) is 0 Å². The van der Waals surface area contributed by atoms with Crippen LogP contribution >= 0.6 is 0 Å². The van der Waals surface area contributed by atoms with Crippen molar-refractivity contribution < 1.29 is 13.9 Å². The fourth-order valence-corrected chi connectivity index (χ4v) is 2.19. The van der Waals surface area contributed by atoms with Gasteiger partial charge in [-0.15, -0.1) is 0 Å². The summed E-state index contributed by atoms with van der Waals surface area (Å²) in [7, 11) is 0. The molecule has 1 aromatic rings. The number of carbonyl (C=O) groups is 1. The predicted octanol–water partition coefficient (Wildman–Crippen LogP) is 3.63. The summed E-state index contributed by atoms with van der Waals surface area (Å²) in [6, 6.07) is 6.13. The van der Waals surface area contributed by atoms with E-state index in [-0.39, 0.29) is 11.8 Å². The number of benzene rings is 1. The summed E-state index contributed by atoms with van der Waals surface area (Å²) < 4.78 is 17.9. The van der Waals surface area contributed by atoms with Gasteiger partial charge in [0.2, 0.25) is 0 Å². The first kappa shape index (κ1) is 13.6. The van der Waals surface area contributed by atoms with E-state index in [1.165, 1.54) is 12.1 Å². The quantitative estimate of drug-likeness (QED) is 0.843. The third-order valence-corrected chi connectivity index (χ3v) is 3.13. The third-order valence-electron chi connectivity index (χ3n) is 3.13. The largest absolute Gasteiger partial charge is 0.463 e. The van der Waals surface area contributed by atoms with Crippen molar-refractivity contribution in [2.75, 3.05) is 11.9 Å². The van der Waals surface area contributed by atoms with Crippen LogP contribution in [0, 0.1) is 5.82 Å². The molecular weight excluding hydrogens is 245 g/mol. The van der Waals surface area contributed by atoms with E-state index in [1.807, 2.05) is 0 Å². The van der Waals surface area contributed by atoms with E-state index in [2.05, 4.69) is 5.32 Å². The monoisotopic (exact) mass is 263 g/mol. The molecule has 19 heavy (non-hydrogen) atoms. The Kier molecular flexibility index (Phi) is 4.55. The Labute approximate surface area is 112 Å². The molecule has 0 aromatic heterocycles. The minimum atomic E-state index is -0.270. The standard InChI is InChI=1S/C15H18FNO2/c1-2-19-15(18)13-5-3-4-6-14(13)17-12-9-7-11(16)8-10-12/h7-10,17H,2-6H2,1H3. The van der Waals surface area contributed by atoms with Gasteiger partial charge in [-0.25, -0.2) is 9.18 Å². The number of esters is 1. The molecule has 0 heterocycles. The molecule has 3 nitrogen and oxygen atoms in total. The molecular formula is C15H18FNO2. The smallest absolute Gasteiger partial charge is 0.335 e. The molecule has 4 heteroatoms. The topological polar surface area (TPSA) is 38.3 Å². The SMILES string of the molecule is CCOC(=O)C1=C(Nc2ccc(F)cc2)CCCC1. The summed E-state index contributed by atoms with van der Waals surface area (Å²) in [5.74, 6) is -0.513. The van der Waals surface area contributed by atoms with E-state index in [1.54, 1.807) is 19.1 Å². The fraction of sp³-hybridized carbons (Fsp3) is 0.400. The fourth-order valence-electron chi connectivity index (χ4n) is 2.19. The number of allylic oxidation sites excluding steroid dienone is 1. The highest BCUT2D eigenvalue weighted by Crippen LogP contribution is 2.27. The van der Waals surface area contributed by atoms with Crippen LogP contribution in [0.2, 0.25) is 0 Å². The molecule has 0 radical (unpaired) electrons. The van der Waals surface area contributed by atoms with Crippen molar-refractivity contribution in [3.8, 4) is 0 Å². The number of nitrogens with one attached hydrogen (secondary N) is 1. The van der Waals surface area contributed by atoms with Crippen LogP contribution in [0.1, 0.15) is 32.6 Å². The molecule has 0 atom stereocenters. The molecule has 0 spiro atoms. The van der Waals surface area contributed by atoms with Crippen LogP contribution in [-0.4, -0.2) is 12.6 Å². The van der Waals surface area contributed by atoms with E-state index in [4.69, 9.17) is 4.74 Å².